The van der Waals surface area contributed by atoms with Crippen LogP contribution in [0, 0.1) is 0 Å². The van der Waals surface area contributed by atoms with Crippen LogP contribution in [0.25, 0.3) is 11.3 Å². The Balaban J connectivity index is 0.00000208. The first-order valence-corrected chi connectivity index (χ1v) is 14.5. The highest BCUT2D eigenvalue weighted by atomic mass is 16.1. The largest absolute Gasteiger partial charge is 0.306 e. The number of carbonyl (C=O) groups is 1. The molecule has 1 heterocycles. The summed E-state index contributed by atoms with van der Waals surface area (Å²) < 4.78 is 0. The minimum absolute atomic E-state index is 0.167. The minimum Gasteiger partial charge on any atom is -0.306 e. The molecule has 38 heavy (non-hydrogen) atoms. The predicted molar refractivity (Wildman–Crippen MR) is 169 cm³/mol. The molecule has 1 aromatic carbocycles. The van der Waals surface area contributed by atoms with Crippen molar-refractivity contribution in [2.24, 2.45) is 0 Å². The number of carbonyl (C=O) groups excluding carboxylic acids is 1. The molecule has 0 saturated heterocycles. The standard InChI is InChI=1S/C30H42N2.C3H6O.C2H6/c1-6-10-13-25(8-3)23-26(9-4)24-27-17-19-28(20-18-27)30-16-11-14-29(31-30)15-12-22-32(5)21-7-2;1-3(2)4;1-2/h8-9,11,14,16-20,23H,4,6-7,10,12-13,15,21-22,24H2,1-3,5H3;1-2H3;1-2H3/b25-8-,26-23+;;. The van der Waals surface area contributed by atoms with Crippen molar-refractivity contribution in [1.82, 2.24) is 9.88 Å². The normalized spacial score (nSPS) is 11.3. The molecule has 210 valence electrons. The van der Waals surface area contributed by atoms with Gasteiger partial charge in [-0.05, 0) is 103 Å². The van der Waals surface area contributed by atoms with Crippen molar-refractivity contribution in [1.29, 1.82) is 0 Å². The number of hydrogen-bond acceptors (Lipinski definition) is 3. The molecule has 2 aromatic rings. The Labute approximate surface area is 234 Å². The van der Waals surface area contributed by atoms with Crippen LogP contribution in [0.1, 0.15) is 91.8 Å². The fraction of sp³-hybridized carbons (Fsp3) is 0.486. The lowest BCUT2D eigenvalue weighted by Gasteiger charge is -2.14. The van der Waals surface area contributed by atoms with Crippen LogP contribution in [0.4, 0.5) is 0 Å². The number of rotatable bonds is 14. The number of allylic oxidation sites excluding steroid dienone is 5. The minimum atomic E-state index is 0.167. The fourth-order valence-electron chi connectivity index (χ4n) is 3.93. The Morgan fingerprint density at radius 2 is 1.61 bits per heavy atom. The quantitative estimate of drug-likeness (QED) is 0.233. The molecule has 0 spiro atoms. The van der Waals surface area contributed by atoms with Gasteiger partial charge in [-0.1, -0.05) is 94.8 Å². The number of ketones is 1. The average molecular weight is 519 g/mol. The third-order valence-electron chi connectivity index (χ3n) is 5.87. The number of benzene rings is 1. The topological polar surface area (TPSA) is 33.2 Å². The van der Waals surface area contributed by atoms with E-state index in [0.717, 1.165) is 44.5 Å². The van der Waals surface area contributed by atoms with Crippen molar-refractivity contribution >= 4 is 5.78 Å². The van der Waals surface area contributed by atoms with Crippen LogP contribution in [0.3, 0.4) is 0 Å². The summed E-state index contributed by atoms with van der Waals surface area (Å²) in [7, 11) is 2.20. The van der Waals surface area contributed by atoms with E-state index in [9.17, 15) is 4.79 Å². The van der Waals surface area contributed by atoms with Crippen molar-refractivity contribution in [2.75, 3.05) is 20.1 Å². The highest BCUT2D eigenvalue weighted by Crippen LogP contribution is 2.21. The van der Waals surface area contributed by atoms with Gasteiger partial charge in [0.1, 0.15) is 5.78 Å². The molecule has 0 N–H and O–H groups in total. The number of pyridine rings is 1. The van der Waals surface area contributed by atoms with Crippen LogP contribution in [-0.4, -0.2) is 35.8 Å². The van der Waals surface area contributed by atoms with Gasteiger partial charge >= 0.3 is 0 Å². The molecule has 0 fully saturated rings. The van der Waals surface area contributed by atoms with Gasteiger partial charge < -0.3 is 9.69 Å². The summed E-state index contributed by atoms with van der Waals surface area (Å²) in [6.45, 7) is 20.0. The van der Waals surface area contributed by atoms with Crippen molar-refractivity contribution in [3.63, 3.8) is 0 Å². The summed E-state index contributed by atoms with van der Waals surface area (Å²) >= 11 is 0. The van der Waals surface area contributed by atoms with Crippen molar-refractivity contribution in [3.8, 4) is 11.3 Å². The van der Waals surface area contributed by atoms with E-state index in [0.29, 0.717) is 0 Å². The van der Waals surface area contributed by atoms with E-state index < -0.39 is 0 Å². The first kappa shape index (κ1) is 35.2. The maximum Gasteiger partial charge on any atom is 0.126 e. The highest BCUT2D eigenvalue weighted by Gasteiger charge is 2.04. The first-order chi connectivity index (χ1) is 18.3. The molecule has 0 radical (unpaired) electrons. The third kappa shape index (κ3) is 16.1. The Bertz CT molecular complexity index is 966. The maximum atomic E-state index is 9.44. The van der Waals surface area contributed by atoms with Gasteiger partial charge in [0.05, 0.1) is 5.69 Å². The zero-order valence-corrected chi connectivity index (χ0v) is 25.6. The van der Waals surface area contributed by atoms with Gasteiger partial charge in [-0.25, -0.2) is 0 Å². The Kier molecular flexibility index (Phi) is 20.6. The second-order valence-corrected chi connectivity index (χ2v) is 9.59. The summed E-state index contributed by atoms with van der Waals surface area (Å²) in [6.07, 6.45) is 14.4. The molecule has 0 aliphatic carbocycles. The van der Waals surface area contributed by atoms with Gasteiger partial charge in [0.15, 0.2) is 0 Å². The lowest BCUT2D eigenvalue weighted by molar-refractivity contribution is -0.114. The van der Waals surface area contributed by atoms with Crippen LogP contribution in [0.5, 0.6) is 0 Å². The molecular weight excluding hydrogens is 464 g/mol. The third-order valence-corrected chi connectivity index (χ3v) is 5.87. The molecule has 0 atom stereocenters. The number of hydrogen-bond donors (Lipinski definition) is 0. The van der Waals surface area contributed by atoms with Crippen LogP contribution >= 0.6 is 0 Å². The number of aromatic nitrogens is 1. The summed E-state index contributed by atoms with van der Waals surface area (Å²) in [6, 6.07) is 15.2. The van der Waals surface area contributed by atoms with Gasteiger partial charge in [-0.2, -0.15) is 0 Å². The lowest BCUT2D eigenvalue weighted by atomic mass is 9.99. The van der Waals surface area contributed by atoms with Crippen LogP contribution in [0.2, 0.25) is 0 Å². The monoisotopic (exact) mass is 518 g/mol. The van der Waals surface area contributed by atoms with Gasteiger partial charge in [0.25, 0.3) is 0 Å². The zero-order valence-electron chi connectivity index (χ0n) is 25.6. The number of unbranched alkanes of at least 4 members (excludes halogenated alkanes) is 1. The number of Topliss-reactive ketones (excluding diaryl/α,β-unsaturated/α-hetero) is 1. The zero-order chi connectivity index (χ0) is 28.8. The molecule has 0 bridgehead atoms. The van der Waals surface area contributed by atoms with Crippen LogP contribution in [0.15, 0.2) is 78.4 Å². The molecule has 1 aromatic heterocycles. The molecule has 3 heteroatoms. The summed E-state index contributed by atoms with van der Waals surface area (Å²) in [4.78, 5) is 16.8. The van der Waals surface area contributed by atoms with Gasteiger partial charge in [0.2, 0.25) is 0 Å². The predicted octanol–water partition coefficient (Wildman–Crippen LogP) is 9.44. The second kappa shape index (κ2) is 22.2. The van der Waals surface area contributed by atoms with E-state index in [1.807, 2.05) is 19.9 Å². The molecular formula is C35H54N2O. The Morgan fingerprint density at radius 3 is 2.16 bits per heavy atom. The highest BCUT2D eigenvalue weighted by molar-refractivity contribution is 5.72. The van der Waals surface area contributed by atoms with E-state index in [4.69, 9.17) is 4.98 Å². The first-order valence-electron chi connectivity index (χ1n) is 14.5. The van der Waals surface area contributed by atoms with E-state index in [1.54, 1.807) is 0 Å². The average Bonchev–Trinajstić information content (AvgIpc) is 2.92. The Hall–Kier alpha value is -2.78. The van der Waals surface area contributed by atoms with E-state index >= 15 is 0 Å². The van der Waals surface area contributed by atoms with Crippen molar-refractivity contribution in [2.45, 2.75) is 93.4 Å². The molecule has 0 aliphatic heterocycles. The molecule has 0 saturated carbocycles. The van der Waals surface area contributed by atoms with Gasteiger partial charge in [0, 0.05) is 11.3 Å². The molecule has 0 amide bonds. The van der Waals surface area contributed by atoms with E-state index in [1.165, 1.54) is 61.1 Å². The number of nitrogens with zero attached hydrogens (tertiary/aromatic N) is 2. The molecule has 3 nitrogen and oxygen atoms in total. The van der Waals surface area contributed by atoms with Gasteiger partial charge in [-0.15, -0.1) is 0 Å². The fourth-order valence-corrected chi connectivity index (χ4v) is 3.93. The van der Waals surface area contributed by atoms with Crippen molar-refractivity contribution in [3.05, 3.63) is 89.7 Å². The second-order valence-electron chi connectivity index (χ2n) is 9.59. The van der Waals surface area contributed by atoms with Crippen LogP contribution in [-0.2, 0) is 17.6 Å². The SMILES string of the molecule is C=C/C(=C\C(=C/C)CCCC)Cc1ccc(-c2cccc(CCCN(C)CCC)n2)cc1.CC.CC(C)=O. The molecule has 0 unspecified atom stereocenters. The van der Waals surface area contributed by atoms with Crippen LogP contribution < -0.4 is 0 Å². The van der Waals surface area contributed by atoms with E-state index in [-0.39, 0.29) is 5.78 Å². The number of aryl methyl sites for hydroxylation is 1. The maximum absolute atomic E-state index is 9.44. The summed E-state index contributed by atoms with van der Waals surface area (Å²) in [5.74, 6) is 0.167. The van der Waals surface area contributed by atoms with E-state index in [2.05, 4.69) is 93.9 Å². The molecule has 2 rings (SSSR count). The van der Waals surface area contributed by atoms with Crippen molar-refractivity contribution < 1.29 is 4.79 Å². The van der Waals surface area contributed by atoms with Gasteiger partial charge in [-0.3, -0.25) is 4.98 Å². The molecule has 0 aliphatic rings. The Morgan fingerprint density at radius 1 is 0.947 bits per heavy atom. The smallest absolute Gasteiger partial charge is 0.126 e. The summed E-state index contributed by atoms with van der Waals surface area (Å²) in [5, 5.41) is 0. The lowest BCUT2D eigenvalue weighted by Crippen LogP contribution is -2.20. The summed E-state index contributed by atoms with van der Waals surface area (Å²) in [5.41, 5.74) is 7.40.